The Labute approximate surface area is 131 Å². The Bertz CT molecular complexity index is 565. The Kier molecular flexibility index (Phi) is 4.96. The van der Waals surface area contributed by atoms with Crippen molar-refractivity contribution in [2.75, 3.05) is 6.61 Å². The van der Waals surface area contributed by atoms with Crippen LogP contribution >= 0.6 is 0 Å². The smallest absolute Gasteiger partial charge is 0.120 e. The second kappa shape index (κ2) is 7.32. The van der Waals surface area contributed by atoms with Crippen molar-refractivity contribution in [2.45, 2.75) is 38.6 Å². The Morgan fingerprint density at radius 2 is 1.55 bits per heavy atom. The maximum absolute atomic E-state index is 5.75. The normalized spacial score (nSPS) is 19.7. The summed E-state index contributed by atoms with van der Waals surface area (Å²) in [6.07, 6.45) is 2.96. The van der Waals surface area contributed by atoms with Crippen molar-refractivity contribution in [3.05, 3.63) is 60.2 Å². The van der Waals surface area contributed by atoms with Crippen LogP contribution in [0.5, 0.6) is 11.5 Å². The number of ether oxygens (including phenoxy) is 3. The molecule has 3 nitrogen and oxygen atoms in total. The van der Waals surface area contributed by atoms with Crippen LogP contribution < -0.4 is 9.47 Å². The lowest BCUT2D eigenvalue weighted by Gasteiger charge is -2.08. The zero-order valence-corrected chi connectivity index (χ0v) is 12.9. The van der Waals surface area contributed by atoms with Gasteiger partial charge in [-0.15, -0.1) is 0 Å². The van der Waals surface area contributed by atoms with Crippen molar-refractivity contribution >= 4 is 0 Å². The molecule has 0 saturated carbocycles. The Hall–Kier alpha value is -2.00. The maximum Gasteiger partial charge on any atom is 0.120 e. The fourth-order valence-electron chi connectivity index (χ4n) is 2.42. The van der Waals surface area contributed by atoms with Crippen LogP contribution in [0.15, 0.2) is 54.6 Å². The van der Waals surface area contributed by atoms with Gasteiger partial charge in [0.15, 0.2) is 0 Å². The molecule has 0 N–H and O–H groups in total. The number of epoxide rings is 1. The topological polar surface area (TPSA) is 31.0 Å². The summed E-state index contributed by atoms with van der Waals surface area (Å²) in [5.74, 6) is 1.71. The Morgan fingerprint density at radius 1 is 0.864 bits per heavy atom. The van der Waals surface area contributed by atoms with Crippen molar-refractivity contribution in [1.82, 2.24) is 0 Å². The first kappa shape index (κ1) is 14.9. The molecule has 1 aliphatic rings. The Balaban J connectivity index is 1.42. The second-order valence-electron chi connectivity index (χ2n) is 5.56. The lowest BCUT2D eigenvalue weighted by atomic mass is 10.2. The largest absolute Gasteiger partial charge is 0.491 e. The van der Waals surface area contributed by atoms with Gasteiger partial charge in [-0.05, 0) is 36.2 Å². The quantitative estimate of drug-likeness (QED) is 0.684. The molecule has 1 saturated heterocycles. The number of hydrogen-bond donors (Lipinski definition) is 0. The van der Waals surface area contributed by atoms with Gasteiger partial charge in [0.05, 0.1) is 6.10 Å². The van der Waals surface area contributed by atoms with Crippen LogP contribution in [0.25, 0.3) is 0 Å². The molecular formula is C19H22O3. The van der Waals surface area contributed by atoms with Crippen molar-refractivity contribution in [2.24, 2.45) is 0 Å². The molecule has 1 fully saturated rings. The molecule has 2 aromatic rings. The summed E-state index contributed by atoms with van der Waals surface area (Å²) >= 11 is 0. The van der Waals surface area contributed by atoms with E-state index in [2.05, 4.69) is 19.1 Å². The zero-order chi connectivity index (χ0) is 15.2. The van der Waals surface area contributed by atoms with E-state index in [-0.39, 0.29) is 6.10 Å². The molecule has 0 amide bonds. The Morgan fingerprint density at radius 3 is 2.23 bits per heavy atom. The van der Waals surface area contributed by atoms with Crippen LogP contribution in [-0.2, 0) is 11.3 Å². The van der Waals surface area contributed by atoms with E-state index in [4.69, 9.17) is 14.2 Å². The van der Waals surface area contributed by atoms with Gasteiger partial charge in [-0.3, -0.25) is 0 Å². The molecule has 3 rings (SSSR count). The van der Waals surface area contributed by atoms with E-state index < -0.39 is 0 Å². The summed E-state index contributed by atoms with van der Waals surface area (Å²) < 4.78 is 17.0. The van der Waals surface area contributed by atoms with E-state index in [1.807, 2.05) is 42.5 Å². The average molecular weight is 298 g/mol. The summed E-state index contributed by atoms with van der Waals surface area (Å²) in [6.45, 7) is 3.39. The minimum atomic E-state index is 0.272. The van der Waals surface area contributed by atoms with Crippen LogP contribution in [0.2, 0.25) is 0 Å². The predicted octanol–water partition coefficient (Wildman–Crippen LogP) is 4.21. The second-order valence-corrected chi connectivity index (χ2v) is 5.56. The molecule has 0 aliphatic carbocycles. The van der Waals surface area contributed by atoms with E-state index in [0.717, 1.165) is 29.9 Å². The van der Waals surface area contributed by atoms with Crippen LogP contribution in [0, 0.1) is 0 Å². The van der Waals surface area contributed by atoms with Crippen LogP contribution in [-0.4, -0.2) is 18.8 Å². The molecule has 2 atom stereocenters. The van der Waals surface area contributed by atoms with Gasteiger partial charge in [-0.1, -0.05) is 43.7 Å². The maximum atomic E-state index is 5.75. The van der Waals surface area contributed by atoms with Gasteiger partial charge in [0.1, 0.15) is 30.8 Å². The highest BCUT2D eigenvalue weighted by Gasteiger charge is 2.38. The molecule has 22 heavy (non-hydrogen) atoms. The van der Waals surface area contributed by atoms with E-state index in [1.54, 1.807) is 0 Å². The fraction of sp³-hybridized carbons (Fsp3) is 0.368. The molecule has 0 spiro atoms. The van der Waals surface area contributed by atoms with Crippen molar-refractivity contribution < 1.29 is 14.2 Å². The molecule has 0 radical (unpaired) electrons. The zero-order valence-electron chi connectivity index (χ0n) is 12.9. The molecule has 0 unspecified atom stereocenters. The van der Waals surface area contributed by atoms with Crippen LogP contribution in [0.3, 0.4) is 0 Å². The van der Waals surface area contributed by atoms with Crippen LogP contribution in [0.4, 0.5) is 0 Å². The highest BCUT2D eigenvalue weighted by Crippen LogP contribution is 2.27. The molecule has 2 aromatic carbocycles. The SMILES string of the molecule is CCC[C@H]1O[C@@H]1COc1ccc(OCc2ccccc2)cc1. The van der Waals surface area contributed by atoms with Gasteiger partial charge in [0.25, 0.3) is 0 Å². The third-order valence-electron chi connectivity index (χ3n) is 3.75. The number of benzene rings is 2. The minimum absolute atomic E-state index is 0.272. The monoisotopic (exact) mass is 298 g/mol. The third-order valence-corrected chi connectivity index (χ3v) is 3.75. The number of hydrogen-bond acceptors (Lipinski definition) is 3. The predicted molar refractivity (Wildman–Crippen MR) is 86.3 cm³/mol. The molecule has 3 heteroatoms. The fourth-order valence-corrected chi connectivity index (χ4v) is 2.42. The van der Waals surface area contributed by atoms with Gasteiger partial charge < -0.3 is 14.2 Å². The van der Waals surface area contributed by atoms with Crippen molar-refractivity contribution in [3.63, 3.8) is 0 Å². The van der Waals surface area contributed by atoms with Gasteiger partial charge in [0.2, 0.25) is 0 Å². The first-order valence-corrected chi connectivity index (χ1v) is 7.90. The summed E-state index contributed by atoms with van der Waals surface area (Å²) in [5.41, 5.74) is 1.16. The van der Waals surface area contributed by atoms with E-state index in [0.29, 0.717) is 19.3 Å². The molecule has 0 aromatic heterocycles. The summed E-state index contributed by atoms with van der Waals surface area (Å²) in [7, 11) is 0. The van der Waals surface area contributed by atoms with Crippen molar-refractivity contribution in [1.29, 1.82) is 0 Å². The first-order chi connectivity index (χ1) is 10.8. The van der Waals surface area contributed by atoms with Gasteiger partial charge >= 0.3 is 0 Å². The highest BCUT2D eigenvalue weighted by atomic mass is 16.6. The van der Waals surface area contributed by atoms with Gasteiger partial charge in [-0.25, -0.2) is 0 Å². The lowest BCUT2D eigenvalue weighted by Crippen LogP contribution is -2.07. The van der Waals surface area contributed by atoms with Gasteiger partial charge in [0, 0.05) is 0 Å². The summed E-state index contributed by atoms with van der Waals surface area (Å²) in [4.78, 5) is 0. The average Bonchev–Trinajstić information content (AvgIpc) is 3.31. The first-order valence-electron chi connectivity index (χ1n) is 7.90. The van der Waals surface area contributed by atoms with E-state index >= 15 is 0 Å². The standard InChI is InChI=1S/C19H22O3/c1-2-6-18-19(22-18)14-21-17-11-9-16(10-12-17)20-13-15-7-4-3-5-8-15/h3-5,7-12,18-19H,2,6,13-14H2,1H3/t18-,19-/m1/s1. The number of rotatable bonds is 8. The van der Waals surface area contributed by atoms with Crippen molar-refractivity contribution in [3.8, 4) is 11.5 Å². The van der Waals surface area contributed by atoms with E-state index in [1.165, 1.54) is 0 Å². The molecular weight excluding hydrogens is 276 g/mol. The summed E-state index contributed by atoms with van der Waals surface area (Å²) in [5, 5.41) is 0. The minimum Gasteiger partial charge on any atom is -0.491 e. The van der Waals surface area contributed by atoms with Gasteiger partial charge in [-0.2, -0.15) is 0 Å². The lowest BCUT2D eigenvalue weighted by molar-refractivity contribution is 0.258. The molecule has 1 aliphatic heterocycles. The molecule has 1 heterocycles. The highest BCUT2D eigenvalue weighted by molar-refractivity contribution is 5.31. The summed E-state index contributed by atoms with van der Waals surface area (Å²) in [6, 6.07) is 17.9. The van der Waals surface area contributed by atoms with E-state index in [9.17, 15) is 0 Å². The third kappa shape index (κ3) is 4.25. The molecule has 116 valence electrons. The molecule has 0 bridgehead atoms. The van der Waals surface area contributed by atoms with Crippen LogP contribution in [0.1, 0.15) is 25.3 Å².